The van der Waals surface area contributed by atoms with Crippen molar-refractivity contribution in [3.05, 3.63) is 29.8 Å². The summed E-state index contributed by atoms with van der Waals surface area (Å²) in [6, 6.07) is 0.446. The van der Waals surface area contributed by atoms with E-state index in [1.807, 2.05) is 24.3 Å². The van der Waals surface area contributed by atoms with E-state index >= 15 is 0 Å². The van der Waals surface area contributed by atoms with Crippen molar-refractivity contribution in [1.29, 1.82) is 0 Å². The molecule has 3 atom stereocenters. The first-order valence-electron chi connectivity index (χ1n) is 9.84. The minimum atomic E-state index is -5.08. The lowest BCUT2D eigenvalue weighted by molar-refractivity contribution is -0.192. The van der Waals surface area contributed by atoms with Crippen LogP contribution in [0.2, 0.25) is 0 Å². The van der Waals surface area contributed by atoms with Crippen LogP contribution in [0.15, 0.2) is 24.0 Å². The summed E-state index contributed by atoms with van der Waals surface area (Å²) in [6.45, 7) is 0. The van der Waals surface area contributed by atoms with Gasteiger partial charge >= 0.3 is 12.1 Å². The highest BCUT2D eigenvalue weighted by Crippen LogP contribution is 2.42. The zero-order valence-electron chi connectivity index (χ0n) is 17.1. The number of nitrogens with zero attached hydrogens (tertiary/aromatic N) is 4. The molecule has 2 aliphatic rings. The molecule has 0 aliphatic carbocycles. The molecule has 2 aromatic heterocycles. The van der Waals surface area contributed by atoms with Crippen LogP contribution in [-0.2, 0) is 21.4 Å². The van der Waals surface area contributed by atoms with Crippen molar-refractivity contribution in [3.63, 3.8) is 0 Å². The molecule has 2 aromatic rings. The van der Waals surface area contributed by atoms with E-state index in [-0.39, 0.29) is 30.3 Å². The van der Waals surface area contributed by atoms with Gasteiger partial charge in [-0.25, -0.2) is 14.8 Å². The Morgan fingerprint density at radius 3 is 2.28 bits per heavy atom. The summed E-state index contributed by atoms with van der Waals surface area (Å²) < 4.78 is 33.8. The average Bonchev–Trinajstić information content (AvgIpc) is 3.41. The smallest absolute Gasteiger partial charge is 0.475 e. The largest absolute Gasteiger partial charge is 0.490 e. The summed E-state index contributed by atoms with van der Waals surface area (Å²) in [5, 5.41) is 12.1. The van der Waals surface area contributed by atoms with Crippen LogP contribution in [0.4, 0.5) is 18.3 Å². The molecule has 1 unspecified atom stereocenters. The molecule has 2 amide bonds. The summed E-state index contributed by atoms with van der Waals surface area (Å²) in [6.07, 6.45) is 4.14. The number of aromatic nitrogens is 3. The number of nitrogens with one attached hydrogen (secondary N) is 1. The quantitative estimate of drug-likeness (QED) is 0.660. The van der Waals surface area contributed by atoms with Crippen molar-refractivity contribution in [3.8, 4) is 0 Å². The second kappa shape index (κ2) is 9.67. The van der Waals surface area contributed by atoms with Crippen LogP contribution in [0.1, 0.15) is 43.8 Å². The number of imidazole rings is 1. The number of halogens is 3. The van der Waals surface area contributed by atoms with Gasteiger partial charge in [0.1, 0.15) is 12.2 Å². The number of hydrogen-bond donors (Lipinski definition) is 2. The second-order valence-corrected chi connectivity index (χ2v) is 8.51. The highest BCUT2D eigenvalue weighted by atomic mass is 32.1. The number of rotatable bonds is 4. The molecule has 13 heteroatoms. The standard InChI is InChI=1S/C17H21N5O2S.C2HF3O2/c1-21-6-4-18-16(21)11-8-12-2-3-13(9-11)22(12)15(24)10-14(23)20-17-19-5-7-25-17;3-2(4,5)1(6)7/h4-7,11-13H,2-3,8-10H2,1H3,(H,19,20,23);(H,6,7)/t11?,12-,13+;. The molecule has 2 fully saturated rings. The van der Waals surface area contributed by atoms with Gasteiger partial charge in [-0.15, -0.1) is 11.3 Å². The summed E-state index contributed by atoms with van der Waals surface area (Å²) >= 11 is 1.35. The first-order chi connectivity index (χ1) is 15.1. The highest BCUT2D eigenvalue weighted by molar-refractivity contribution is 7.13. The predicted octanol–water partition coefficient (Wildman–Crippen LogP) is 2.78. The van der Waals surface area contributed by atoms with Gasteiger partial charge in [0.2, 0.25) is 11.8 Å². The second-order valence-electron chi connectivity index (χ2n) is 7.62. The van der Waals surface area contributed by atoms with E-state index in [1.54, 1.807) is 11.6 Å². The number of hydrogen-bond acceptors (Lipinski definition) is 6. The van der Waals surface area contributed by atoms with Crippen LogP contribution in [0.25, 0.3) is 0 Å². The molecule has 32 heavy (non-hydrogen) atoms. The molecule has 2 saturated heterocycles. The van der Waals surface area contributed by atoms with Gasteiger partial charge in [-0.2, -0.15) is 13.2 Å². The van der Waals surface area contributed by atoms with E-state index in [2.05, 4.69) is 19.9 Å². The maximum atomic E-state index is 12.7. The molecule has 4 rings (SSSR count). The van der Waals surface area contributed by atoms with Gasteiger partial charge in [0.05, 0.1) is 0 Å². The fourth-order valence-corrected chi connectivity index (χ4v) is 4.79. The van der Waals surface area contributed by atoms with E-state index in [0.29, 0.717) is 11.0 Å². The van der Waals surface area contributed by atoms with Crippen LogP contribution in [-0.4, -0.2) is 60.6 Å². The summed E-state index contributed by atoms with van der Waals surface area (Å²) in [7, 11) is 2.02. The Kier molecular flexibility index (Phi) is 7.16. The van der Waals surface area contributed by atoms with E-state index < -0.39 is 12.1 Å². The lowest BCUT2D eigenvalue weighted by Gasteiger charge is -2.38. The lowest BCUT2D eigenvalue weighted by atomic mass is 9.89. The van der Waals surface area contributed by atoms with Crippen LogP contribution >= 0.6 is 11.3 Å². The summed E-state index contributed by atoms with van der Waals surface area (Å²) in [5.41, 5.74) is 0. The Balaban J connectivity index is 0.000000360. The summed E-state index contributed by atoms with van der Waals surface area (Å²) in [4.78, 5) is 44.1. The number of aryl methyl sites for hydroxylation is 1. The first kappa shape index (κ1) is 23.7. The summed E-state index contributed by atoms with van der Waals surface area (Å²) in [5.74, 6) is -1.62. The number of carboxylic acid groups (broad SMARTS) is 1. The zero-order valence-corrected chi connectivity index (χ0v) is 17.9. The van der Waals surface area contributed by atoms with Crippen molar-refractivity contribution >= 4 is 34.3 Å². The monoisotopic (exact) mass is 473 g/mol. The molecule has 174 valence electrons. The molecule has 2 bridgehead atoms. The van der Waals surface area contributed by atoms with Gasteiger partial charge < -0.3 is 19.9 Å². The Hall–Kier alpha value is -2.96. The van der Waals surface area contributed by atoms with Crippen molar-refractivity contribution in [2.24, 2.45) is 7.05 Å². The van der Waals surface area contributed by atoms with E-state index in [9.17, 15) is 22.8 Å². The molecule has 0 saturated carbocycles. The number of piperidine rings is 1. The van der Waals surface area contributed by atoms with E-state index in [0.717, 1.165) is 31.5 Å². The number of anilines is 1. The molecule has 4 heterocycles. The van der Waals surface area contributed by atoms with Crippen molar-refractivity contribution < 1.29 is 32.7 Å². The molecular weight excluding hydrogens is 451 g/mol. The SMILES string of the molecule is Cn1ccnc1C1C[C@H]2CC[C@@H](C1)N2C(=O)CC(=O)Nc1nccs1.O=C(O)C(F)(F)F. The number of amides is 2. The minimum Gasteiger partial charge on any atom is -0.475 e. The normalized spacial score (nSPS) is 22.1. The van der Waals surface area contributed by atoms with Crippen LogP contribution < -0.4 is 5.32 Å². The number of carbonyl (C=O) groups is 3. The lowest BCUT2D eigenvalue weighted by Crippen LogP contribution is -2.47. The minimum absolute atomic E-state index is 0.0696. The molecule has 0 radical (unpaired) electrons. The fraction of sp³-hybridized carbons (Fsp3) is 0.526. The first-order valence-corrected chi connectivity index (χ1v) is 10.7. The number of alkyl halides is 3. The third-order valence-electron chi connectivity index (χ3n) is 5.48. The van der Waals surface area contributed by atoms with Crippen LogP contribution in [0.3, 0.4) is 0 Å². The predicted molar refractivity (Wildman–Crippen MR) is 108 cm³/mol. The number of aliphatic carboxylic acids is 1. The van der Waals surface area contributed by atoms with Crippen LogP contribution in [0, 0.1) is 0 Å². The van der Waals surface area contributed by atoms with Gasteiger partial charge in [0.25, 0.3) is 0 Å². The molecule has 2 N–H and O–H groups in total. The maximum Gasteiger partial charge on any atom is 0.490 e. The third-order valence-corrected chi connectivity index (χ3v) is 6.17. The van der Waals surface area contributed by atoms with Gasteiger partial charge in [-0.1, -0.05) is 0 Å². The molecule has 0 spiro atoms. The van der Waals surface area contributed by atoms with E-state index in [1.165, 1.54) is 11.3 Å². The maximum absolute atomic E-state index is 12.7. The van der Waals surface area contributed by atoms with Gasteiger partial charge in [-0.3, -0.25) is 9.59 Å². The highest BCUT2D eigenvalue weighted by Gasteiger charge is 2.44. The Labute approximate surface area is 185 Å². The molecule has 2 aliphatic heterocycles. The van der Waals surface area contributed by atoms with Crippen molar-refractivity contribution in [2.45, 2.75) is 56.3 Å². The zero-order chi connectivity index (χ0) is 23.5. The van der Waals surface area contributed by atoms with E-state index in [4.69, 9.17) is 9.90 Å². The number of thiazole rings is 1. The van der Waals surface area contributed by atoms with Gasteiger partial charge in [-0.05, 0) is 25.7 Å². The molecular formula is C19H22F3N5O4S. The van der Waals surface area contributed by atoms with Crippen molar-refractivity contribution in [1.82, 2.24) is 19.4 Å². The number of carboxylic acids is 1. The Morgan fingerprint density at radius 1 is 1.19 bits per heavy atom. The third kappa shape index (κ3) is 5.64. The average molecular weight is 473 g/mol. The van der Waals surface area contributed by atoms with Gasteiger partial charge in [0.15, 0.2) is 5.13 Å². The molecule has 9 nitrogen and oxygen atoms in total. The fourth-order valence-electron chi connectivity index (χ4n) is 4.24. The Morgan fingerprint density at radius 2 is 1.81 bits per heavy atom. The molecule has 0 aromatic carbocycles. The van der Waals surface area contributed by atoms with Crippen LogP contribution in [0.5, 0.6) is 0 Å². The van der Waals surface area contributed by atoms with Crippen molar-refractivity contribution in [2.75, 3.05) is 5.32 Å². The Bertz CT molecular complexity index is 949. The van der Waals surface area contributed by atoms with Gasteiger partial charge in [0, 0.05) is 49.0 Å². The number of fused-ring (bicyclic) bond motifs is 2. The topological polar surface area (TPSA) is 117 Å². The number of carbonyl (C=O) groups excluding carboxylic acids is 2.